The molecule has 1 heterocycles. The van der Waals surface area contributed by atoms with Gasteiger partial charge in [0.15, 0.2) is 6.29 Å². The van der Waals surface area contributed by atoms with Gasteiger partial charge in [0.1, 0.15) is 30.5 Å². The lowest BCUT2D eigenvalue weighted by Gasteiger charge is -2.44. The number of hydrogen-bond acceptors (Lipinski definition) is 6. The van der Waals surface area contributed by atoms with Gasteiger partial charge in [-0.2, -0.15) is 0 Å². The molecule has 4 aromatic carbocycles. The Balaban J connectivity index is 1.39. The Morgan fingerprint density at radius 1 is 0.512 bits per heavy atom. The number of rotatable bonds is 14. The number of hydrogen-bond donors (Lipinski definition) is 0. The van der Waals surface area contributed by atoms with E-state index < -0.39 is 30.5 Å². The van der Waals surface area contributed by atoms with Crippen molar-refractivity contribution < 1.29 is 28.5 Å². The van der Waals surface area contributed by atoms with Crippen molar-refractivity contribution in [3.63, 3.8) is 0 Å². The minimum Gasteiger partial charge on any atom is -0.374 e. The summed E-state index contributed by atoms with van der Waals surface area (Å²) in [4.78, 5) is 12.4. The zero-order valence-electron chi connectivity index (χ0n) is 23.0. The molecule has 2 unspecified atom stereocenters. The van der Waals surface area contributed by atoms with Gasteiger partial charge in [0, 0.05) is 0 Å². The summed E-state index contributed by atoms with van der Waals surface area (Å²) >= 11 is 0. The Labute approximate surface area is 241 Å². The molecule has 0 aliphatic carbocycles. The zero-order valence-corrected chi connectivity index (χ0v) is 23.0. The monoisotopic (exact) mass is 552 g/mol. The van der Waals surface area contributed by atoms with Gasteiger partial charge >= 0.3 is 0 Å². The van der Waals surface area contributed by atoms with Crippen LogP contribution in [0.3, 0.4) is 0 Å². The number of carbonyl (C=O) groups is 1. The maximum absolute atomic E-state index is 12.4. The van der Waals surface area contributed by atoms with Gasteiger partial charge in [0.25, 0.3) is 0 Å². The minimum absolute atomic E-state index is 0.231. The molecule has 1 aliphatic heterocycles. The topological polar surface area (TPSA) is 63.2 Å². The predicted octanol–water partition coefficient (Wildman–Crippen LogP) is 5.93. The molecular weight excluding hydrogens is 516 g/mol. The van der Waals surface area contributed by atoms with E-state index in [0.717, 1.165) is 28.5 Å². The Bertz CT molecular complexity index is 1290. The molecule has 1 fully saturated rings. The summed E-state index contributed by atoms with van der Waals surface area (Å²) in [6.07, 6.45) is -2.41. The molecule has 0 aromatic heterocycles. The van der Waals surface area contributed by atoms with E-state index in [1.807, 2.05) is 121 Å². The van der Waals surface area contributed by atoms with Crippen molar-refractivity contribution in [2.75, 3.05) is 6.61 Å². The molecule has 0 radical (unpaired) electrons. The highest BCUT2D eigenvalue weighted by molar-refractivity contribution is 5.58. The van der Waals surface area contributed by atoms with Crippen molar-refractivity contribution in [3.05, 3.63) is 144 Å². The lowest BCUT2D eigenvalue weighted by Crippen LogP contribution is -2.61. The molecule has 6 heteroatoms. The highest BCUT2D eigenvalue weighted by Gasteiger charge is 2.48. The van der Waals surface area contributed by atoms with Gasteiger partial charge in [-0.05, 0) is 22.3 Å². The van der Waals surface area contributed by atoms with Gasteiger partial charge in [0.2, 0.25) is 0 Å². The van der Waals surface area contributed by atoms with E-state index in [4.69, 9.17) is 23.7 Å². The fraction of sp³-hybridized carbons (Fsp3) is 0.286. The fourth-order valence-corrected chi connectivity index (χ4v) is 4.93. The highest BCUT2D eigenvalue weighted by atomic mass is 16.6. The molecule has 0 amide bonds. The SMILES string of the molecule is O=C[C@H]1OC(COCc2ccccc2)[C@H](OCc2ccccc2)[C@@H](OCc2ccccc2)C1OCc1ccccc1. The summed E-state index contributed by atoms with van der Waals surface area (Å²) in [6, 6.07) is 39.7. The molecule has 0 saturated carbocycles. The van der Waals surface area contributed by atoms with E-state index in [9.17, 15) is 4.79 Å². The number of ether oxygens (including phenoxy) is 5. The van der Waals surface area contributed by atoms with Crippen LogP contribution in [0.15, 0.2) is 121 Å². The number of benzene rings is 4. The van der Waals surface area contributed by atoms with Crippen LogP contribution in [-0.2, 0) is 54.9 Å². The van der Waals surface area contributed by atoms with Crippen LogP contribution in [0.5, 0.6) is 0 Å². The summed E-state index contributed by atoms with van der Waals surface area (Å²) in [7, 11) is 0. The van der Waals surface area contributed by atoms with Crippen molar-refractivity contribution in [2.24, 2.45) is 0 Å². The van der Waals surface area contributed by atoms with Gasteiger partial charge in [-0.15, -0.1) is 0 Å². The summed E-state index contributed by atoms with van der Waals surface area (Å²) in [5.41, 5.74) is 4.09. The lowest BCUT2D eigenvalue weighted by molar-refractivity contribution is -0.264. The molecule has 5 atom stereocenters. The number of carbonyl (C=O) groups excluding carboxylic acids is 1. The van der Waals surface area contributed by atoms with E-state index in [1.165, 1.54) is 0 Å². The molecule has 0 N–H and O–H groups in total. The summed E-state index contributed by atoms with van der Waals surface area (Å²) < 4.78 is 31.9. The summed E-state index contributed by atoms with van der Waals surface area (Å²) in [5.74, 6) is 0. The Morgan fingerprint density at radius 3 is 1.34 bits per heavy atom. The van der Waals surface area contributed by atoms with Crippen molar-refractivity contribution in [3.8, 4) is 0 Å². The third-order valence-corrected chi connectivity index (χ3v) is 7.05. The third kappa shape index (κ3) is 8.43. The van der Waals surface area contributed by atoms with Crippen molar-refractivity contribution in [1.82, 2.24) is 0 Å². The second-order valence-electron chi connectivity index (χ2n) is 10.1. The first-order chi connectivity index (χ1) is 20.3. The van der Waals surface area contributed by atoms with Crippen molar-refractivity contribution in [1.29, 1.82) is 0 Å². The average molecular weight is 553 g/mol. The van der Waals surface area contributed by atoms with Gasteiger partial charge in [-0.3, -0.25) is 0 Å². The molecule has 0 spiro atoms. The maximum Gasteiger partial charge on any atom is 0.151 e. The van der Waals surface area contributed by atoms with E-state index >= 15 is 0 Å². The first-order valence-corrected chi connectivity index (χ1v) is 14.0. The minimum atomic E-state index is -0.846. The molecule has 212 valence electrons. The standard InChI is InChI=1S/C35H36O6/c36-21-31-33(38-23-28-15-7-2-8-16-28)35(40-25-30-19-11-4-12-20-30)34(39-24-29-17-9-3-10-18-29)32(41-31)26-37-22-27-13-5-1-6-14-27/h1-21,31-35H,22-26H2/t31-,32?,33?,34+,35+/m1/s1. The quantitative estimate of drug-likeness (QED) is 0.181. The van der Waals surface area contributed by atoms with E-state index in [0.29, 0.717) is 26.4 Å². The van der Waals surface area contributed by atoms with Crippen LogP contribution in [0.4, 0.5) is 0 Å². The average Bonchev–Trinajstić information content (AvgIpc) is 3.04. The van der Waals surface area contributed by atoms with E-state index in [1.54, 1.807) is 0 Å². The summed E-state index contributed by atoms with van der Waals surface area (Å²) in [5, 5.41) is 0. The van der Waals surface area contributed by atoms with Gasteiger partial charge < -0.3 is 28.5 Å². The van der Waals surface area contributed by atoms with Crippen LogP contribution in [0, 0.1) is 0 Å². The van der Waals surface area contributed by atoms with Gasteiger partial charge in [0.05, 0.1) is 33.0 Å². The molecule has 0 bridgehead atoms. The molecule has 1 saturated heterocycles. The Kier molecular flexibility index (Phi) is 10.8. The van der Waals surface area contributed by atoms with Crippen LogP contribution < -0.4 is 0 Å². The van der Waals surface area contributed by atoms with Crippen molar-refractivity contribution >= 4 is 6.29 Å². The third-order valence-electron chi connectivity index (χ3n) is 7.05. The second-order valence-corrected chi connectivity index (χ2v) is 10.1. The van der Waals surface area contributed by atoms with Crippen LogP contribution in [0.2, 0.25) is 0 Å². The largest absolute Gasteiger partial charge is 0.374 e. The molecule has 1 aliphatic rings. The molecule has 5 rings (SSSR count). The van der Waals surface area contributed by atoms with Gasteiger partial charge in [-0.25, -0.2) is 0 Å². The van der Waals surface area contributed by atoms with Crippen LogP contribution in [0.1, 0.15) is 22.3 Å². The van der Waals surface area contributed by atoms with Gasteiger partial charge in [-0.1, -0.05) is 121 Å². The zero-order chi connectivity index (χ0) is 28.1. The summed E-state index contributed by atoms with van der Waals surface area (Å²) in [6.45, 7) is 1.65. The molecular formula is C35H36O6. The van der Waals surface area contributed by atoms with Crippen molar-refractivity contribution in [2.45, 2.75) is 56.9 Å². The Hall–Kier alpha value is -3.65. The van der Waals surface area contributed by atoms with E-state index in [-0.39, 0.29) is 6.61 Å². The fourth-order valence-electron chi connectivity index (χ4n) is 4.93. The van der Waals surface area contributed by atoms with E-state index in [2.05, 4.69) is 0 Å². The Morgan fingerprint density at radius 2 is 0.902 bits per heavy atom. The second kappa shape index (κ2) is 15.4. The molecule has 41 heavy (non-hydrogen) atoms. The van der Waals surface area contributed by atoms with Crippen LogP contribution >= 0.6 is 0 Å². The van der Waals surface area contributed by atoms with Crippen LogP contribution in [-0.4, -0.2) is 43.4 Å². The number of aldehydes is 1. The molecule has 4 aromatic rings. The predicted molar refractivity (Wildman–Crippen MR) is 156 cm³/mol. The smallest absolute Gasteiger partial charge is 0.151 e. The maximum atomic E-state index is 12.4. The first kappa shape index (κ1) is 28.9. The lowest BCUT2D eigenvalue weighted by atomic mass is 9.94. The normalized spacial score (nSPS) is 22.3. The first-order valence-electron chi connectivity index (χ1n) is 14.0. The van der Waals surface area contributed by atoms with Crippen LogP contribution in [0.25, 0.3) is 0 Å². The molecule has 6 nitrogen and oxygen atoms in total. The highest BCUT2D eigenvalue weighted by Crippen LogP contribution is 2.30.